The van der Waals surface area contributed by atoms with Crippen molar-refractivity contribution in [2.75, 3.05) is 50.4 Å². The summed E-state index contributed by atoms with van der Waals surface area (Å²) in [6.45, 7) is 4.51. The summed E-state index contributed by atoms with van der Waals surface area (Å²) in [4.78, 5) is 18.1. The molecule has 0 radical (unpaired) electrons. The predicted molar refractivity (Wildman–Crippen MR) is 119 cm³/mol. The molecule has 4 rings (SSSR count). The fourth-order valence-electron chi connectivity index (χ4n) is 3.66. The number of nitrogens with one attached hydrogen (secondary N) is 3. The van der Waals surface area contributed by atoms with Gasteiger partial charge in [0.2, 0.25) is 10.0 Å². The van der Waals surface area contributed by atoms with Gasteiger partial charge in [-0.2, -0.15) is 5.10 Å². The van der Waals surface area contributed by atoms with Crippen LogP contribution >= 0.6 is 0 Å². The number of ether oxygens (including phenoxy) is 1. The maximum Gasteiger partial charge on any atom is 0.271 e. The molecule has 1 aliphatic rings. The monoisotopic (exact) mass is 446 g/mol. The molecule has 10 nitrogen and oxygen atoms in total. The van der Waals surface area contributed by atoms with Gasteiger partial charge in [-0.3, -0.25) is 19.1 Å². The summed E-state index contributed by atoms with van der Waals surface area (Å²) >= 11 is 0. The summed E-state index contributed by atoms with van der Waals surface area (Å²) in [6, 6.07) is 8.91. The number of sulfonamides is 1. The number of H-pyrrole nitrogens is 1. The number of carbonyl (C=O) groups excluding carboxylic acids is 1. The van der Waals surface area contributed by atoms with E-state index in [0.29, 0.717) is 17.9 Å². The second-order valence-corrected chi connectivity index (χ2v) is 9.32. The molecule has 0 bridgehead atoms. The number of carbonyl (C=O) groups is 1. The molecule has 1 saturated heterocycles. The first-order valence-electron chi connectivity index (χ1n) is 10.0. The van der Waals surface area contributed by atoms with E-state index in [4.69, 9.17) is 4.74 Å². The Bertz CT molecular complexity index is 1190. The number of aromatic amines is 1. The second kappa shape index (κ2) is 8.69. The summed E-state index contributed by atoms with van der Waals surface area (Å²) in [5.41, 5.74) is 3.06. The van der Waals surface area contributed by atoms with E-state index in [9.17, 15) is 13.2 Å². The van der Waals surface area contributed by atoms with Crippen LogP contribution in [-0.4, -0.2) is 79.6 Å². The van der Waals surface area contributed by atoms with E-state index < -0.39 is 10.0 Å². The quantitative estimate of drug-likeness (QED) is 0.498. The summed E-state index contributed by atoms with van der Waals surface area (Å²) in [7, 11) is -1.64. The molecule has 0 unspecified atom stereocenters. The molecule has 1 aliphatic heterocycles. The molecule has 0 saturated carbocycles. The van der Waals surface area contributed by atoms with E-state index >= 15 is 0 Å². The van der Waals surface area contributed by atoms with Crippen molar-refractivity contribution >= 4 is 32.5 Å². The van der Waals surface area contributed by atoms with Crippen LogP contribution in [0.1, 0.15) is 10.5 Å². The van der Waals surface area contributed by atoms with Crippen LogP contribution in [0.3, 0.4) is 0 Å². The summed E-state index contributed by atoms with van der Waals surface area (Å²) < 4.78 is 32.8. The molecule has 1 amide bonds. The number of nitrogens with zero attached hydrogens (tertiary/aromatic N) is 3. The van der Waals surface area contributed by atoms with Crippen molar-refractivity contribution in [3.63, 3.8) is 0 Å². The van der Waals surface area contributed by atoms with Gasteiger partial charge in [0.15, 0.2) is 5.69 Å². The van der Waals surface area contributed by atoms with E-state index in [2.05, 4.69) is 25.0 Å². The highest BCUT2D eigenvalue weighted by molar-refractivity contribution is 7.92. The van der Waals surface area contributed by atoms with Crippen LogP contribution in [-0.2, 0) is 21.8 Å². The van der Waals surface area contributed by atoms with Gasteiger partial charge in [-0.1, -0.05) is 6.07 Å². The van der Waals surface area contributed by atoms with Crippen molar-refractivity contribution in [1.82, 2.24) is 25.0 Å². The van der Waals surface area contributed by atoms with Gasteiger partial charge in [0.25, 0.3) is 5.91 Å². The fraction of sp³-hybridized carbons (Fsp3) is 0.400. The lowest BCUT2D eigenvalue weighted by molar-refractivity contribution is 0.0383. The molecule has 31 heavy (non-hydrogen) atoms. The molecule has 1 aromatic carbocycles. The van der Waals surface area contributed by atoms with Gasteiger partial charge in [-0.15, -0.1) is 0 Å². The number of benzene rings is 1. The molecule has 2 aromatic heterocycles. The van der Waals surface area contributed by atoms with Crippen molar-refractivity contribution < 1.29 is 17.9 Å². The molecular formula is C20H26N6O4S. The van der Waals surface area contributed by atoms with Crippen LogP contribution in [0.5, 0.6) is 0 Å². The zero-order chi connectivity index (χ0) is 22.0. The van der Waals surface area contributed by atoms with Crippen LogP contribution in [0, 0.1) is 0 Å². The van der Waals surface area contributed by atoms with Crippen LogP contribution in [0.25, 0.3) is 22.3 Å². The average Bonchev–Trinajstić information content (AvgIpc) is 3.32. The Hall–Kier alpha value is -2.89. The van der Waals surface area contributed by atoms with Gasteiger partial charge in [-0.05, 0) is 24.3 Å². The van der Waals surface area contributed by atoms with E-state index in [0.717, 1.165) is 61.4 Å². The number of rotatable bonds is 7. The minimum atomic E-state index is -3.40. The third-order valence-corrected chi connectivity index (χ3v) is 5.76. The minimum absolute atomic E-state index is 0.231. The summed E-state index contributed by atoms with van der Waals surface area (Å²) in [6.07, 6.45) is 1.12. The van der Waals surface area contributed by atoms with Crippen LogP contribution in [0.15, 0.2) is 30.3 Å². The fourth-order valence-corrected chi connectivity index (χ4v) is 4.23. The topological polar surface area (TPSA) is 121 Å². The maximum absolute atomic E-state index is 12.5. The van der Waals surface area contributed by atoms with Gasteiger partial charge in [0.05, 0.1) is 36.5 Å². The van der Waals surface area contributed by atoms with Gasteiger partial charge in [0.1, 0.15) is 0 Å². The largest absolute Gasteiger partial charge is 0.379 e. The van der Waals surface area contributed by atoms with E-state index in [-0.39, 0.29) is 5.91 Å². The standard InChI is InChI=1S/C20H26N6O4S/c1-25-19(13-18(23-25)20(27)21-6-7-26-8-10-30-11-9-26)17-12-14-15(22-17)4-3-5-16(14)24-31(2,28)29/h3-5,12-13,22,24H,6-11H2,1-2H3,(H,21,27). The molecule has 3 N–H and O–H groups in total. The van der Waals surface area contributed by atoms with Crippen molar-refractivity contribution in [3.8, 4) is 11.4 Å². The van der Waals surface area contributed by atoms with Gasteiger partial charge in [0, 0.05) is 44.1 Å². The van der Waals surface area contributed by atoms with Crippen LogP contribution < -0.4 is 10.0 Å². The van der Waals surface area contributed by atoms with Crippen LogP contribution in [0.4, 0.5) is 5.69 Å². The third-order valence-electron chi connectivity index (χ3n) is 5.17. The number of hydrogen-bond donors (Lipinski definition) is 3. The highest BCUT2D eigenvalue weighted by Crippen LogP contribution is 2.29. The Balaban J connectivity index is 1.50. The lowest BCUT2D eigenvalue weighted by Gasteiger charge is -2.26. The Kier molecular flexibility index (Phi) is 5.99. The zero-order valence-electron chi connectivity index (χ0n) is 17.5. The molecule has 166 valence electrons. The van der Waals surface area contributed by atoms with Gasteiger partial charge >= 0.3 is 0 Å². The Morgan fingerprint density at radius 1 is 1.26 bits per heavy atom. The molecule has 3 heterocycles. The van der Waals surface area contributed by atoms with Gasteiger partial charge in [-0.25, -0.2) is 8.42 Å². The number of fused-ring (bicyclic) bond motifs is 1. The Labute approximate surface area is 180 Å². The van der Waals surface area contributed by atoms with E-state index in [1.165, 1.54) is 0 Å². The van der Waals surface area contributed by atoms with Gasteiger partial charge < -0.3 is 15.0 Å². The normalized spacial score (nSPS) is 15.3. The first-order chi connectivity index (χ1) is 14.8. The molecule has 0 atom stereocenters. The first kappa shape index (κ1) is 21.3. The lowest BCUT2D eigenvalue weighted by Crippen LogP contribution is -2.41. The molecular weight excluding hydrogens is 420 g/mol. The highest BCUT2D eigenvalue weighted by atomic mass is 32.2. The first-order valence-corrected chi connectivity index (χ1v) is 11.9. The Morgan fingerprint density at radius 2 is 2.03 bits per heavy atom. The van der Waals surface area contributed by atoms with E-state index in [1.807, 2.05) is 12.1 Å². The number of aryl methyl sites for hydroxylation is 1. The number of aromatic nitrogens is 3. The highest BCUT2D eigenvalue weighted by Gasteiger charge is 2.17. The molecule has 1 fully saturated rings. The van der Waals surface area contributed by atoms with Crippen molar-refractivity contribution in [2.45, 2.75) is 0 Å². The van der Waals surface area contributed by atoms with E-state index in [1.54, 1.807) is 29.9 Å². The summed E-state index contributed by atoms with van der Waals surface area (Å²) in [5, 5.41) is 8.00. The number of hydrogen-bond acceptors (Lipinski definition) is 6. The predicted octanol–water partition coefficient (Wildman–Crippen LogP) is 1.00. The molecule has 3 aromatic rings. The molecule has 0 aliphatic carbocycles. The maximum atomic E-state index is 12.5. The zero-order valence-corrected chi connectivity index (χ0v) is 18.3. The number of amides is 1. The summed E-state index contributed by atoms with van der Waals surface area (Å²) in [5.74, 6) is -0.231. The smallest absolute Gasteiger partial charge is 0.271 e. The van der Waals surface area contributed by atoms with Crippen molar-refractivity contribution in [3.05, 3.63) is 36.0 Å². The van der Waals surface area contributed by atoms with Crippen molar-refractivity contribution in [2.24, 2.45) is 7.05 Å². The SMILES string of the molecule is Cn1nc(C(=O)NCCN2CCOCC2)cc1-c1cc2c(NS(C)(=O)=O)cccc2[nH]1. The molecule has 11 heteroatoms. The number of morpholine rings is 1. The molecule has 0 spiro atoms. The Morgan fingerprint density at radius 3 is 2.77 bits per heavy atom. The number of anilines is 1. The van der Waals surface area contributed by atoms with Crippen molar-refractivity contribution in [1.29, 1.82) is 0 Å². The van der Waals surface area contributed by atoms with Crippen LogP contribution in [0.2, 0.25) is 0 Å². The third kappa shape index (κ3) is 5.06. The lowest BCUT2D eigenvalue weighted by atomic mass is 10.2. The second-order valence-electron chi connectivity index (χ2n) is 7.57. The average molecular weight is 447 g/mol. The minimum Gasteiger partial charge on any atom is -0.379 e.